The van der Waals surface area contributed by atoms with E-state index in [4.69, 9.17) is 103 Å². The summed E-state index contributed by atoms with van der Waals surface area (Å²) >= 11 is 1.39. The van der Waals surface area contributed by atoms with Gasteiger partial charge >= 0.3 is 11.0 Å². The number of rotatable bonds is 10. The quantitative estimate of drug-likeness (QED) is 0.0804. The molecule has 0 aromatic carbocycles. The summed E-state index contributed by atoms with van der Waals surface area (Å²) in [5.41, 5.74) is 46.5. The Morgan fingerprint density at radius 2 is 1.13 bits per heavy atom. The molecule has 47 heavy (non-hydrogen) atoms. The first-order chi connectivity index (χ1) is 22.5. The van der Waals surface area contributed by atoms with Gasteiger partial charge in [0.25, 0.3) is 14.9 Å². The van der Waals surface area contributed by atoms with Crippen LogP contribution in [0, 0.1) is 0 Å². The standard InChI is InChI=1S/C18H34IN16O12/c19-38-33(16-8-26)44-32(15-7-25)37-18-29(12-4-22)39-28(10-3-21)40-31(36-18,14-6-24)43-35(46-33,17-9-27)47-34(45-32,11-1-2-20)42-30(18,41-29)13-5-23/h1-10,12-17H,11,20-27H2/q+7. The van der Waals surface area contributed by atoms with Crippen LogP contribution in [0.1, 0.15) is 0 Å². The Morgan fingerprint density at radius 3 is 1.74 bits per heavy atom. The van der Waals surface area contributed by atoms with Crippen LogP contribution < -0.4 is 45.9 Å². The third kappa shape index (κ3) is 5.29. The molecule has 5 fully saturated rings. The molecule has 258 valence electrons. The van der Waals surface area contributed by atoms with E-state index in [1.807, 2.05) is 0 Å². The lowest BCUT2D eigenvalue weighted by Crippen LogP contribution is -2.91. The number of fused-ring (bicyclic) bond motifs is 3. The second-order valence-corrected chi connectivity index (χ2v) is 9.18. The van der Waals surface area contributed by atoms with E-state index >= 15 is 0 Å². The van der Waals surface area contributed by atoms with Crippen molar-refractivity contribution in [3.05, 3.63) is 99.1 Å². The van der Waals surface area contributed by atoms with E-state index in [-0.39, 0.29) is 0 Å². The second-order valence-electron chi connectivity index (χ2n) is 8.79. The average Bonchev–Trinajstić information content (AvgIpc) is 3.10. The Morgan fingerprint density at radius 1 is 0.553 bits per heavy atom. The maximum atomic E-state index is 6.50. The van der Waals surface area contributed by atoms with Crippen molar-refractivity contribution < 1.29 is 91.8 Å². The topological polar surface area (TPSA) is 322 Å². The number of nitrogens with two attached hydrogens (primary N) is 8. The molecular weight excluding hydrogens is 759 g/mol. The summed E-state index contributed by atoms with van der Waals surface area (Å²) in [4.78, 5) is 56.7. The Hall–Kier alpha value is -3.91. The maximum absolute atomic E-state index is 6.50. The number of hydrogen-bond donors (Lipinski definition) is 8. The van der Waals surface area contributed by atoms with Crippen LogP contribution in [0.2, 0.25) is 0 Å². The van der Waals surface area contributed by atoms with E-state index in [1.54, 1.807) is 0 Å². The Labute approximate surface area is 277 Å². The monoisotopic (exact) mass is 793 g/mol. The minimum Gasteiger partial charge on any atom is -0.405 e. The highest BCUT2D eigenvalue weighted by Crippen LogP contribution is 2.61. The van der Waals surface area contributed by atoms with Gasteiger partial charge in [-0.1, -0.05) is 0 Å². The normalized spacial score (nSPS) is 45.4. The van der Waals surface area contributed by atoms with Gasteiger partial charge in [-0.2, -0.15) is 0 Å². The molecule has 5 aliphatic rings. The minimum absolute atomic E-state index is 0.522. The Kier molecular flexibility index (Phi) is 8.99. The molecule has 29 heteroatoms. The summed E-state index contributed by atoms with van der Waals surface area (Å²) in [5, 5.41) is 0.578. The SMILES string of the molecule is NC=CC[N+]12O[N+]3(C=CN)OC45O[N+](C=CN)(ON(C=CN)O[N+]4(C=CN)O[N+]5(C=CN)O1)O[N+](C=CN)(O[N+](C=CN)(OI)O3)O2. The predicted octanol–water partition coefficient (Wildman–Crippen LogP) is -3.07. The zero-order valence-corrected chi connectivity index (χ0v) is 26.1. The third-order valence-electron chi connectivity index (χ3n) is 5.73. The van der Waals surface area contributed by atoms with Crippen LogP contribution in [-0.2, 0) is 57.3 Å². The molecule has 8 unspecified atom stereocenters. The van der Waals surface area contributed by atoms with Crippen molar-refractivity contribution in [3.63, 3.8) is 0 Å². The smallest absolute Gasteiger partial charge is 0.405 e. The van der Waals surface area contributed by atoms with Crippen molar-refractivity contribution in [2.75, 3.05) is 6.54 Å². The van der Waals surface area contributed by atoms with Crippen molar-refractivity contribution in [2.45, 2.75) is 6.03 Å². The van der Waals surface area contributed by atoms with E-state index in [0.717, 1.165) is 93.0 Å². The lowest BCUT2D eigenvalue weighted by molar-refractivity contribution is -1.77. The summed E-state index contributed by atoms with van der Waals surface area (Å²) in [6.07, 6.45) is 16.0. The van der Waals surface area contributed by atoms with Gasteiger partial charge in [-0.3, -0.25) is 0 Å². The van der Waals surface area contributed by atoms with Crippen LogP contribution in [0.5, 0.6) is 0 Å². The summed E-state index contributed by atoms with van der Waals surface area (Å²) in [6.45, 7) is -0.522. The van der Waals surface area contributed by atoms with Crippen molar-refractivity contribution in [1.82, 2.24) is 5.23 Å². The van der Waals surface area contributed by atoms with Crippen molar-refractivity contribution in [3.8, 4) is 0 Å². The van der Waals surface area contributed by atoms with E-state index in [0.29, 0.717) is 5.23 Å². The molecule has 5 aliphatic heterocycles. The van der Waals surface area contributed by atoms with Crippen molar-refractivity contribution in [2.24, 2.45) is 45.9 Å². The highest BCUT2D eigenvalue weighted by Gasteiger charge is 3.09. The van der Waals surface area contributed by atoms with Gasteiger partial charge in [0.2, 0.25) is 53.5 Å². The fourth-order valence-corrected chi connectivity index (χ4v) is 4.60. The van der Waals surface area contributed by atoms with Gasteiger partial charge in [0, 0.05) is 16.1 Å². The molecule has 5 bridgehead atoms. The number of hydroxylamine groups is 25. The Balaban J connectivity index is 2.01. The molecular formula is C18H34IN16O12+7. The zero-order chi connectivity index (χ0) is 34.1. The van der Waals surface area contributed by atoms with Gasteiger partial charge in [-0.25, -0.2) is 0 Å². The molecule has 0 saturated carbocycles. The van der Waals surface area contributed by atoms with Gasteiger partial charge < -0.3 is 45.9 Å². The fourth-order valence-electron chi connectivity index (χ4n) is 4.32. The fraction of sp³-hybridized carbons (Fsp3) is 0.111. The van der Waals surface area contributed by atoms with E-state index in [9.17, 15) is 0 Å². The number of hydrogen-bond acceptors (Lipinski definition) is 21. The number of quaternary nitrogens is 7. The maximum Gasteiger partial charge on any atom is 0.725 e. The molecule has 0 aliphatic carbocycles. The molecule has 16 N–H and O–H groups in total. The molecule has 5 saturated heterocycles. The van der Waals surface area contributed by atoms with Crippen LogP contribution in [0.25, 0.3) is 0 Å². The van der Waals surface area contributed by atoms with E-state index in [1.165, 1.54) is 29.1 Å². The first-order valence-electron chi connectivity index (χ1n) is 12.7. The average molecular weight is 793 g/mol. The lowest BCUT2D eigenvalue weighted by Gasteiger charge is -2.44. The van der Waals surface area contributed by atoms with Crippen LogP contribution in [0.4, 0.5) is 0 Å². The number of halogens is 1. The first kappa shape index (κ1) is 34.4. The van der Waals surface area contributed by atoms with Gasteiger partial charge in [0.05, 0.1) is 53.1 Å². The highest BCUT2D eigenvalue weighted by molar-refractivity contribution is 14.1. The molecule has 0 amide bonds. The van der Waals surface area contributed by atoms with Gasteiger partial charge in [-0.05, 0) is 20.7 Å². The van der Waals surface area contributed by atoms with Crippen LogP contribution in [0.3, 0.4) is 0 Å². The third-order valence-corrected chi connectivity index (χ3v) is 6.28. The first-order valence-corrected chi connectivity index (χ1v) is 13.6. The summed E-state index contributed by atoms with van der Waals surface area (Å²) in [6, 6.07) is -2.82. The minimum atomic E-state index is -2.82. The van der Waals surface area contributed by atoms with Gasteiger partial charge in [-0.15, -0.1) is 0 Å². The molecule has 1 spiro atoms. The van der Waals surface area contributed by atoms with Gasteiger partial charge in [0.15, 0.2) is 52.5 Å². The van der Waals surface area contributed by atoms with Crippen LogP contribution in [-0.4, -0.2) is 52.3 Å². The molecule has 28 nitrogen and oxygen atoms in total. The highest BCUT2D eigenvalue weighted by atomic mass is 127. The van der Waals surface area contributed by atoms with Crippen LogP contribution in [0.15, 0.2) is 99.1 Å². The second kappa shape index (κ2) is 12.3. The van der Waals surface area contributed by atoms with Crippen molar-refractivity contribution in [1.29, 1.82) is 0 Å². The Bertz CT molecular complexity index is 1440. The summed E-state index contributed by atoms with van der Waals surface area (Å²) in [7, 11) is 0. The molecule has 5 rings (SSSR count). The van der Waals surface area contributed by atoms with Crippen LogP contribution >= 0.6 is 23.0 Å². The van der Waals surface area contributed by atoms with E-state index < -0.39 is 47.1 Å². The molecule has 8 atom stereocenters. The summed E-state index contributed by atoms with van der Waals surface area (Å²) in [5.74, 6) is 0. The number of nitrogens with zero attached hydrogens (tertiary/aromatic N) is 8. The van der Waals surface area contributed by atoms with Gasteiger partial charge in [0.1, 0.15) is 9.88 Å². The predicted molar refractivity (Wildman–Crippen MR) is 145 cm³/mol. The molecule has 0 aromatic rings. The lowest BCUT2D eigenvalue weighted by atomic mass is 10.6. The molecule has 0 aromatic heterocycles. The zero-order valence-electron chi connectivity index (χ0n) is 23.9. The van der Waals surface area contributed by atoms with Crippen molar-refractivity contribution >= 4 is 23.0 Å². The summed E-state index contributed by atoms with van der Waals surface area (Å²) < 4.78 is 5.53. The molecule has 0 radical (unpaired) electrons. The van der Waals surface area contributed by atoms with E-state index in [2.05, 4.69) is 0 Å². The molecule has 5 heterocycles. The largest absolute Gasteiger partial charge is 0.725 e.